The Hall–Kier alpha value is -4.62. The number of para-hydroxylation sites is 1. The van der Waals surface area contributed by atoms with Crippen molar-refractivity contribution in [1.29, 1.82) is 0 Å². The minimum atomic E-state index is -4.75. The Kier molecular flexibility index (Phi) is 7.43. The number of aromatic nitrogens is 3. The van der Waals surface area contributed by atoms with Gasteiger partial charge in [0, 0.05) is 22.9 Å². The van der Waals surface area contributed by atoms with Gasteiger partial charge in [0.25, 0.3) is 0 Å². The average Bonchev–Trinajstić information content (AvgIpc) is 3.61. The average molecular weight is 592 g/mol. The third kappa shape index (κ3) is 6.02. The molecule has 13 heteroatoms. The first-order chi connectivity index (χ1) is 20.2. The molecule has 9 nitrogen and oxygen atoms in total. The van der Waals surface area contributed by atoms with Gasteiger partial charge in [-0.25, -0.2) is 14.7 Å². The van der Waals surface area contributed by atoms with E-state index in [2.05, 4.69) is 60.4 Å². The molecule has 2 unspecified atom stereocenters. The second kappa shape index (κ2) is 11.3. The molecule has 3 heterocycles. The van der Waals surface area contributed by atoms with Gasteiger partial charge in [0.2, 0.25) is 6.35 Å². The van der Waals surface area contributed by atoms with Crippen LogP contribution in [0, 0.1) is 0 Å². The molecule has 2 aliphatic rings. The number of allylic oxidation sites excluding steroid dienone is 1. The molecule has 2 N–H and O–H groups in total. The summed E-state index contributed by atoms with van der Waals surface area (Å²) < 4.78 is 42.5. The Morgan fingerprint density at radius 1 is 1.10 bits per heavy atom. The van der Waals surface area contributed by atoms with Crippen LogP contribution in [0.5, 0.6) is 5.75 Å². The zero-order valence-electron chi connectivity index (χ0n) is 22.1. The summed E-state index contributed by atoms with van der Waals surface area (Å²) in [6, 6.07) is 20.8. The third-order valence-corrected chi connectivity index (χ3v) is 7.56. The third-order valence-electron chi connectivity index (χ3n) is 6.57. The highest BCUT2D eigenvalue weighted by Gasteiger charge is 2.33. The van der Waals surface area contributed by atoms with Crippen molar-refractivity contribution in [2.75, 3.05) is 10.7 Å². The predicted octanol–water partition coefficient (Wildman–Crippen LogP) is 5.64. The second-order valence-electron chi connectivity index (χ2n) is 9.48. The van der Waals surface area contributed by atoms with Crippen molar-refractivity contribution in [3.63, 3.8) is 0 Å². The Morgan fingerprint density at radius 3 is 2.62 bits per heavy atom. The van der Waals surface area contributed by atoms with Crippen molar-refractivity contribution < 1.29 is 23.0 Å². The number of hydrogen-bond acceptors (Lipinski definition) is 8. The van der Waals surface area contributed by atoms with Crippen LogP contribution in [0.2, 0.25) is 0 Å². The van der Waals surface area contributed by atoms with E-state index in [1.165, 1.54) is 40.8 Å². The summed E-state index contributed by atoms with van der Waals surface area (Å²) in [7, 11) is 0. The number of rotatable bonds is 7. The molecular weight excluding hydrogens is 567 g/mol. The highest BCUT2D eigenvalue weighted by molar-refractivity contribution is 8.14. The van der Waals surface area contributed by atoms with Crippen LogP contribution in [-0.2, 0) is 0 Å². The monoisotopic (exact) mass is 591 g/mol. The van der Waals surface area contributed by atoms with Gasteiger partial charge >= 0.3 is 6.36 Å². The van der Waals surface area contributed by atoms with E-state index in [1.807, 2.05) is 36.4 Å². The van der Waals surface area contributed by atoms with Crippen LogP contribution < -0.4 is 15.1 Å². The number of anilines is 1. The Morgan fingerprint density at radius 2 is 1.86 bits per heavy atom. The quantitative estimate of drug-likeness (QED) is 0.163. The topological polar surface area (TPSA) is 100 Å². The molecule has 0 spiro atoms. The van der Waals surface area contributed by atoms with Crippen LogP contribution in [0.1, 0.15) is 24.0 Å². The Balaban J connectivity index is 1.07. The standard InChI is InChI=1S/C29H24F3N7O2S/c1-18-14-22-16-42-28(39(22)25-5-3-2-4-24(18)25)35-27(40)36-34-15-19-6-8-20(9-7-19)26-33-17-38(37-26)21-10-12-23(13-11-21)41-29(30,31)32/h2-15,17-18,27,36,40H,16H2,1H3/b34-15+,35-28?. The largest absolute Gasteiger partial charge is 0.573 e. The lowest BCUT2D eigenvalue weighted by atomic mass is 9.94. The summed E-state index contributed by atoms with van der Waals surface area (Å²) in [5.74, 6) is 1.23. The smallest absolute Gasteiger partial charge is 0.406 e. The molecule has 214 valence electrons. The van der Waals surface area contributed by atoms with Crippen molar-refractivity contribution in [1.82, 2.24) is 20.2 Å². The molecule has 3 aromatic carbocycles. The molecule has 2 atom stereocenters. The lowest BCUT2D eigenvalue weighted by molar-refractivity contribution is -0.274. The summed E-state index contributed by atoms with van der Waals surface area (Å²) in [5, 5.41) is 19.7. The summed E-state index contributed by atoms with van der Waals surface area (Å²) in [4.78, 5) is 10.8. The fourth-order valence-corrected chi connectivity index (χ4v) is 5.69. The molecule has 2 aliphatic heterocycles. The summed E-state index contributed by atoms with van der Waals surface area (Å²) in [5.41, 5.74) is 8.14. The zero-order valence-corrected chi connectivity index (χ0v) is 22.9. The van der Waals surface area contributed by atoms with Gasteiger partial charge in [-0.15, -0.1) is 18.3 Å². The molecule has 0 amide bonds. The number of benzene rings is 3. The van der Waals surface area contributed by atoms with Crippen LogP contribution in [0.15, 0.2) is 101 Å². The van der Waals surface area contributed by atoms with E-state index in [0.29, 0.717) is 22.6 Å². The summed E-state index contributed by atoms with van der Waals surface area (Å²) in [6.45, 7) is 2.17. The molecule has 0 saturated carbocycles. The van der Waals surface area contributed by atoms with Crippen LogP contribution >= 0.6 is 11.8 Å². The van der Waals surface area contributed by atoms with E-state index < -0.39 is 12.7 Å². The number of alkyl halides is 3. The lowest BCUT2D eigenvalue weighted by Gasteiger charge is -2.29. The van der Waals surface area contributed by atoms with Gasteiger partial charge in [-0.05, 0) is 41.5 Å². The van der Waals surface area contributed by atoms with Crippen molar-refractivity contribution in [2.45, 2.75) is 25.6 Å². The highest BCUT2D eigenvalue weighted by atomic mass is 32.2. The zero-order chi connectivity index (χ0) is 29.3. The van der Waals surface area contributed by atoms with Gasteiger partial charge in [-0.1, -0.05) is 67.2 Å². The van der Waals surface area contributed by atoms with E-state index in [0.717, 1.165) is 28.3 Å². The molecule has 42 heavy (non-hydrogen) atoms. The SMILES string of the molecule is CC1C=C2CSC(=NC(O)N/N=C/c3ccc(-c4ncn(-c5ccc(OC(F)(F)F)cc5)n4)cc3)N2c2ccccc21. The van der Waals surface area contributed by atoms with Gasteiger partial charge < -0.3 is 9.84 Å². The molecule has 6 rings (SSSR count). The predicted molar refractivity (Wildman–Crippen MR) is 156 cm³/mol. The Bertz CT molecular complexity index is 1670. The van der Waals surface area contributed by atoms with Gasteiger partial charge in [-0.3, -0.25) is 10.3 Å². The van der Waals surface area contributed by atoms with Crippen molar-refractivity contribution in [3.8, 4) is 22.8 Å². The number of nitrogens with one attached hydrogen (secondary N) is 1. The number of halogens is 3. The minimum absolute atomic E-state index is 0.315. The summed E-state index contributed by atoms with van der Waals surface area (Å²) >= 11 is 1.57. The molecule has 0 bridgehead atoms. The first-order valence-electron chi connectivity index (χ1n) is 12.9. The van der Waals surface area contributed by atoms with E-state index >= 15 is 0 Å². The highest BCUT2D eigenvalue weighted by Crippen LogP contribution is 2.42. The lowest BCUT2D eigenvalue weighted by Crippen LogP contribution is -2.30. The van der Waals surface area contributed by atoms with Crippen LogP contribution in [-0.4, -0.2) is 49.7 Å². The van der Waals surface area contributed by atoms with Crippen molar-refractivity contribution >= 4 is 28.8 Å². The molecular formula is C29H24F3N7O2S. The van der Waals surface area contributed by atoms with E-state index in [9.17, 15) is 18.3 Å². The maximum atomic E-state index is 12.4. The van der Waals surface area contributed by atoms with E-state index in [-0.39, 0.29) is 5.75 Å². The number of hydrogen-bond donors (Lipinski definition) is 2. The maximum absolute atomic E-state index is 12.4. The minimum Gasteiger partial charge on any atom is -0.406 e. The number of hydrazone groups is 1. The first kappa shape index (κ1) is 27.5. The number of aliphatic imine (C=N–C) groups is 1. The van der Waals surface area contributed by atoms with Gasteiger partial charge in [-0.2, -0.15) is 5.10 Å². The fourth-order valence-electron chi connectivity index (χ4n) is 4.67. The van der Waals surface area contributed by atoms with E-state index in [1.54, 1.807) is 18.0 Å². The fraction of sp³-hybridized carbons (Fsp3) is 0.172. The number of aliphatic hydroxyl groups excluding tert-OH is 1. The molecule has 0 aliphatic carbocycles. The van der Waals surface area contributed by atoms with Crippen molar-refractivity contribution in [3.05, 3.63) is 102 Å². The van der Waals surface area contributed by atoms with Gasteiger partial charge in [0.1, 0.15) is 12.1 Å². The second-order valence-corrected chi connectivity index (χ2v) is 10.4. The van der Waals surface area contributed by atoms with Gasteiger partial charge in [0.05, 0.1) is 17.6 Å². The molecule has 1 aromatic heterocycles. The molecule has 0 radical (unpaired) electrons. The number of amidine groups is 1. The normalized spacial score (nSPS) is 18.1. The molecule has 1 saturated heterocycles. The molecule has 1 fully saturated rings. The Labute approximate surface area is 243 Å². The number of ether oxygens (including phenoxy) is 1. The number of nitrogens with zero attached hydrogens (tertiary/aromatic N) is 6. The maximum Gasteiger partial charge on any atom is 0.573 e. The number of thioether (sulfide) groups is 1. The van der Waals surface area contributed by atoms with Crippen LogP contribution in [0.25, 0.3) is 17.1 Å². The number of fused-ring (bicyclic) bond motifs is 3. The summed E-state index contributed by atoms with van der Waals surface area (Å²) in [6.07, 6.45) is -0.708. The van der Waals surface area contributed by atoms with Crippen molar-refractivity contribution in [2.24, 2.45) is 10.1 Å². The first-order valence-corrected chi connectivity index (χ1v) is 13.9. The van der Waals surface area contributed by atoms with E-state index in [4.69, 9.17) is 0 Å². The number of aliphatic hydroxyl groups is 1. The van der Waals surface area contributed by atoms with Crippen LogP contribution in [0.3, 0.4) is 0 Å². The molecule has 4 aromatic rings. The van der Waals surface area contributed by atoms with Gasteiger partial charge in [0.15, 0.2) is 11.0 Å². The van der Waals surface area contributed by atoms with Crippen LogP contribution in [0.4, 0.5) is 18.9 Å².